The summed E-state index contributed by atoms with van der Waals surface area (Å²) in [7, 11) is 0. The van der Waals surface area contributed by atoms with E-state index in [9.17, 15) is 0 Å². The predicted octanol–water partition coefficient (Wildman–Crippen LogP) is 3.84. The molecular formula is C15H16BrNO. The van der Waals surface area contributed by atoms with E-state index < -0.39 is 0 Å². The highest BCUT2D eigenvalue weighted by molar-refractivity contribution is 9.10. The maximum absolute atomic E-state index is 5.99. The lowest BCUT2D eigenvalue weighted by Crippen LogP contribution is -2.19. The van der Waals surface area contributed by atoms with E-state index in [1.807, 2.05) is 36.4 Å². The minimum atomic E-state index is -0.120. The fourth-order valence-corrected chi connectivity index (χ4v) is 2.26. The molecule has 0 aliphatic rings. The average Bonchev–Trinajstić information content (AvgIpc) is 2.39. The Morgan fingerprint density at radius 1 is 1.11 bits per heavy atom. The summed E-state index contributed by atoms with van der Waals surface area (Å²) in [5.74, 6) is 0.816. The van der Waals surface area contributed by atoms with Crippen molar-refractivity contribution in [1.82, 2.24) is 0 Å². The Morgan fingerprint density at radius 2 is 1.78 bits per heavy atom. The second-order valence-corrected chi connectivity index (χ2v) is 4.98. The van der Waals surface area contributed by atoms with E-state index in [2.05, 4.69) is 35.0 Å². The van der Waals surface area contributed by atoms with Crippen LogP contribution in [-0.2, 0) is 0 Å². The van der Waals surface area contributed by atoms with Gasteiger partial charge in [-0.05, 0) is 46.1 Å². The van der Waals surface area contributed by atoms with E-state index in [0.29, 0.717) is 6.54 Å². The molecule has 0 aliphatic carbocycles. The molecule has 0 fully saturated rings. The maximum Gasteiger partial charge on any atom is 0.136 e. The number of hydrogen-bond donors (Lipinski definition) is 1. The molecule has 0 saturated carbocycles. The molecular weight excluding hydrogens is 290 g/mol. The van der Waals surface area contributed by atoms with E-state index in [1.165, 1.54) is 5.56 Å². The molecule has 94 valence electrons. The van der Waals surface area contributed by atoms with Gasteiger partial charge in [-0.3, -0.25) is 0 Å². The normalized spacial score (nSPS) is 12.2. The van der Waals surface area contributed by atoms with Crippen LogP contribution < -0.4 is 10.5 Å². The van der Waals surface area contributed by atoms with Crippen LogP contribution in [-0.4, -0.2) is 6.54 Å². The standard InChI is InChI=1S/C15H16BrNO/c1-11-6-2-3-7-12(11)15(10-17)18-14-9-5-4-8-13(14)16/h2-9,15H,10,17H2,1H3. The molecule has 0 radical (unpaired) electrons. The smallest absolute Gasteiger partial charge is 0.136 e. The summed E-state index contributed by atoms with van der Waals surface area (Å²) < 4.78 is 6.93. The largest absolute Gasteiger partial charge is 0.483 e. The molecule has 0 spiro atoms. The zero-order valence-corrected chi connectivity index (χ0v) is 11.9. The van der Waals surface area contributed by atoms with Gasteiger partial charge in [0.15, 0.2) is 0 Å². The van der Waals surface area contributed by atoms with Crippen LogP contribution in [0.25, 0.3) is 0 Å². The van der Waals surface area contributed by atoms with Crippen molar-refractivity contribution in [3.63, 3.8) is 0 Å². The summed E-state index contributed by atoms with van der Waals surface area (Å²) in [4.78, 5) is 0. The molecule has 0 heterocycles. The zero-order valence-electron chi connectivity index (χ0n) is 10.3. The summed E-state index contributed by atoms with van der Waals surface area (Å²) in [6.07, 6.45) is -0.120. The van der Waals surface area contributed by atoms with Gasteiger partial charge in [-0.15, -0.1) is 0 Å². The number of halogens is 1. The van der Waals surface area contributed by atoms with Crippen LogP contribution in [0.1, 0.15) is 17.2 Å². The fourth-order valence-electron chi connectivity index (χ4n) is 1.88. The number of nitrogens with two attached hydrogens (primary N) is 1. The number of hydrogen-bond acceptors (Lipinski definition) is 2. The Bertz CT molecular complexity index is 527. The molecule has 2 nitrogen and oxygen atoms in total. The number of benzene rings is 2. The van der Waals surface area contributed by atoms with Crippen molar-refractivity contribution >= 4 is 15.9 Å². The third-order valence-electron chi connectivity index (χ3n) is 2.86. The third-order valence-corrected chi connectivity index (χ3v) is 3.51. The van der Waals surface area contributed by atoms with Crippen LogP contribution in [0.3, 0.4) is 0 Å². The van der Waals surface area contributed by atoms with Gasteiger partial charge in [0, 0.05) is 6.54 Å². The number of ether oxygens (including phenoxy) is 1. The van der Waals surface area contributed by atoms with Crippen LogP contribution in [0.2, 0.25) is 0 Å². The number of para-hydroxylation sites is 1. The predicted molar refractivity (Wildman–Crippen MR) is 77.7 cm³/mol. The Balaban J connectivity index is 2.26. The Hall–Kier alpha value is -1.32. The second-order valence-electron chi connectivity index (χ2n) is 4.13. The molecule has 2 aromatic rings. The summed E-state index contributed by atoms with van der Waals surface area (Å²) in [6.45, 7) is 2.52. The van der Waals surface area contributed by atoms with Crippen molar-refractivity contribution in [3.05, 3.63) is 64.1 Å². The lowest BCUT2D eigenvalue weighted by molar-refractivity contribution is 0.212. The molecule has 0 bridgehead atoms. The summed E-state index contributed by atoms with van der Waals surface area (Å²) >= 11 is 3.48. The quantitative estimate of drug-likeness (QED) is 0.931. The van der Waals surface area contributed by atoms with Crippen molar-refractivity contribution in [2.24, 2.45) is 5.73 Å². The SMILES string of the molecule is Cc1ccccc1C(CN)Oc1ccccc1Br. The van der Waals surface area contributed by atoms with Crippen molar-refractivity contribution in [3.8, 4) is 5.75 Å². The van der Waals surface area contributed by atoms with Gasteiger partial charge >= 0.3 is 0 Å². The van der Waals surface area contributed by atoms with Crippen LogP contribution in [0.5, 0.6) is 5.75 Å². The molecule has 0 saturated heterocycles. The molecule has 0 aliphatic heterocycles. The van der Waals surface area contributed by atoms with Crippen LogP contribution in [0.15, 0.2) is 53.0 Å². The monoisotopic (exact) mass is 305 g/mol. The highest BCUT2D eigenvalue weighted by Gasteiger charge is 2.14. The fraction of sp³-hybridized carbons (Fsp3) is 0.200. The van der Waals surface area contributed by atoms with Gasteiger partial charge in [0.05, 0.1) is 4.47 Å². The molecule has 0 aromatic heterocycles. The van der Waals surface area contributed by atoms with Gasteiger partial charge < -0.3 is 10.5 Å². The highest BCUT2D eigenvalue weighted by Crippen LogP contribution is 2.29. The topological polar surface area (TPSA) is 35.2 Å². The Kier molecular flexibility index (Phi) is 4.39. The minimum absolute atomic E-state index is 0.120. The Morgan fingerprint density at radius 3 is 2.44 bits per heavy atom. The first kappa shape index (κ1) is 13.1. The zero-order chi connectivity index (χ0) is 13.0. The van der Waals surface area contributed by atoms with Crippen molar-refractivity contribution in [1.29, 1.82) is 0 Å². The first-order valence-electron chi connectivity index (χ1n) is 5.89. The molecule has 2 rings (SSSR count). The van der Waals surface area contributed by atoms with Crippen LogP contribution in [0, 0.1) is 6.92 Å². The second kappa shape index (κ2) is 6.03. The lowest BCUT2D eigenvalue weighted by atomic mass is 10.0. The first-order chi connectivity index (χ1) is 8.72. The van der Waals surface area contributed by atoms with Crippen molar-refractivity contribution in [2.45, 2.75) is 13.0 Å². The van der Waals surface area contributed by atoms with E-state index in [0.717, 1.165) is 15.8 Å². The van der Waals surface area contributed by atoms with Crippen molar-refractivity contribution in [2.75, 3.05) is 6.54 Å². The molecule has 2 aromatic carbocycles. The van der Waals surface area contributed by atoms with Crippen molar-refractivity contribution < 1.29 is 4.74 Å². The van der Waals surface area contributed by atoms with Crippen LogP contribution in [0.4, 0.5) is 0 Å². The molecule has 0 amide bonds. The average molecular weight is 306 g/mol. The van der Waals surface area contributed by atoms with Gasteiger partial charge in [-0.2, -0.15) is 0 Å². The number of rotatable bonds is 4. The molecule has 3 heteroatoms. The van der Waals surface area contributed by atoms with E-state index in [-0.39, 0.29) is 6.10 Å². The van der Waals surface area contributed by atoms with Gasteiger partial charge in [0.25, 0.3) is 0 Å². The van der Waals surface area contributed by atoms with E-state index in [4.69, 9.17) is 10.5 Å². The maximum atomic E-state index is 5.99. The molecule has 1 atom stereocenters. The summed E-state index contributed by atoms with van der Waals surface area (Å²) in [5.41, 5.74) is 8.16. The first-order valence-corrected chi connectivity index (χ1v) is 6.68. The lowest BCUT2D eigenvalue weighted by Gasteiger charge is -2.20. The molecule has 1 unspecified atom stereocenters. The van der Waals surface area contributed by atoms with E-state index >= 15 is 0 Å². The Labute approximate surface area is 116 Å². The minimum Gasteiger partial charge on any atom is -0.483 e. The van der Waals surface area contributed by atoms with Gasteiger partial charge in [0.2, 0.25) is 0 Å². The highest BCUT2D eigenvalue weighted by atomic mass is 79.9. The summed E-state index contributed by atoms with van der Waals surface area (Å²) in [6, 6.07) is 16.0. The van der Waals surface area contributed by atoms with Gasteiger partial charge in [-0.25, -0.2) is 0 Å². The third kappa shape index (κ3) is 2.92. The van der Waals surface area contributed by atoms with Crippen LogP contribution >= 0.6 is 15.9 Å². The summed E-state index contributed by atoms with van der Waals surface area (Å²) in [5, 5.41) is 0. The van der Waals surface area contributed by atoms with Gasteiger partial charge in [0.1, 0.15) is 11.9 Å². The molecule has 2 N–H and O–H groups in total. The van der Waals surface area contributed by atoms with Gasteiger partial charge in [-0.1, -0.05) is 36.4 Å². The molecule has 18 heavy (non-hydrogen) atoms. The number of aryl methyl sites for hydroxylation is 1. The van der Waals surface area contributed by atoms with E-state index in [1.54, 1.807) is 0 Å².